The Morgan fingerprint density at radius 2 is 2.27 bits per heavy atom. The Morgan fingerprint density at radius 3 is 2.73 bits per heavy atom. The summed E-state index contributed by atoms with van der Waals surface area (Å²) >= 11 is 11.5. The number of hydrogen-bond donors (Lipinski definition) is 0. The lowest BCUT2D eigenvalue weighted by atomic mass is 9.80. The molecule has 1 aromatic rings. The summed E-state index contributed by atoms with van der Waals surface area (Å²) < 4.78 is 0.894. The van der Waals surface area contributed by atoms with Gasteiger partial charge in [-0.3, -0.25) is 0 Å². The van der Waals surface area contributed by atoms with Crippen LogP contribution in [-0.2, 0) is 0 Å². The second-order valence-corrected chi connectivity index (χ2v) is 7.76. The van der Waals surface area contributed by atoms with Crippen molar-refractivity contribution in [3.05, 3.63) is 21.3 Å². The third-order valence-corrected chi connectivity index (χ3v) is 6.31. The van der Waals surface area contributed by atoms with Crippen LogP contribution < -0.4 is 0 Å². The van der Waals surface area contributed by atoms with E-state index < -0.39 is 0 Å². The fourth-order valence-electron chi connectivity index (χ4n) is 2.57. The van der Waals surface area contributed by atoms with Crippen LogP contribution in [0, 0.1) is 11.3 Å². The van der Waals surface area contributed by atoms with Crippen molar-refractivity contribution in [2.75, 3.05) is 0 Å². The molecular weight excluding hydrogens is 292 g/mol. The Kier molecular flexibility index (Phi) is 3.49. The van der Waals surface area contributed by atoms with E-state index >= 15 is 0 Å². The maximum absolute atomic E-state index is 5.98. The molecule has 2 rings (SSSR count). The van der Waals surface area contributed by atoms with Gasteiger partial charge in [0.15, 0.2) is 0 Å². The monoisotopic (exact) mass is 306 g/mol. The zero-order valence-electron chi connectivity index (χ0n) is 9.09. The topological polar surface area (TPSA) is 0 Å². The zero-order valence-corrected chi connectivity index (χ0v) is 12.3. The van der Waals surface area contributed by atoms with Gasteiger partial charge in [0.1, 0.15) is 0 Å². The molecule has 1 aliphatic rings. The summed E-state index contributed by atoms with van der Waals surface area (Å²) in [5.41, 5.74) is 0.463. The van der Waals surface area contributed by atoms with Gasteiger partial charge in [0.2, 0.25) is 0 Å². The van der Waals surface area contributed by atoms with Crippen LogP contribution in [-0.4, -0.2) is 0 Å². The summed E-state index contributed by atoms with van der Waals surface area (Å²) in [6.45, 7) is 4.77. The maximum Gasteiger partial charge on any atom is 0.0931 e. The SMILES string of the molecule is CC1(C)CCCC1C(Br)c1ccc(Cl)s1. The maximum atomic E-state index is 5.98. The van der Waals surface area contributed by atoms with Crippen molar-refractivity contribution >= 4 is 38.9 Å². The van der Waals surface area contributed by atoms with Gasteiger partial charge in [0, 0.05) is 4.88 Å². The molecule has 0 saturated heterocycles. The summed E-state index contributed by atoms with van der Waals surface area (Å²) in [6, 6.07) is 4.15. The molecule has 1 fully saturated rings. The fraction of sp³-hybridized carbons (Fsp3) is 0.667. The number of rotatable bonds is 2. The fourth-order valence-corrected chi connectivity index (χ4v) is 5.09. The number of thiophene rings is 1. The highest BCUT2D eigenvalue weighted by atomic mass is 79.9. The number of halogens is 2. The Morgan fingerprint density at radius 1 is 1.53 bits per heavy atom. The molecule has 2 atom stereocenters. The van der Waals surface area contributed by atoms with Crippen LogP contribution in [0.2, 0.25) is 4.34 Å². The van der Waals surface area contributed by atoms with Crippen LogP contribution in [0.25, 0.3) is 0 Å². The van der Waals surface area contributed by atoms with Crippen LogP contribution in [0.15, 0.2) is 12.1 Å². The summed E-state index contributed by atoms with van der Waals surface area (Å²) in [5.74, 6) is 0.743. The van der Waals surface area contributed by atoms with Crippen molar-refractivity contribution in [3.63, 3.8) is 0 Å². The molecule has 0 amide bonds. The lowest BCUT2D eigenvalue weighted by Crippen LogP contribution is -2.20. The first-order valence-electron chi connectivity index (χ1n) is 5.40. The van der Waals surface area contributed by atoms with Crippen molar-refractivity contribution in [1.29, 1.82) is 0 Å². The first-order valence-corrected chi connectivity index (χ1v) is 7.51. The van der Waals surface area contributed by atoms with E-state index in [0.29, 0.717) is 10.2 Å². The third-order valence-electron chi connectivity index (χ3n) is 3.56. The highest BCUT2D eigenvalue weighted by molar-refractivity contribution is 9.09. The summed E-state index contributed by atoms with van der Waals surface area (Å²) in [4.78, 5) is 1.85. The second-order valence-electron chi connectivity index (χ2n) is 5.03. The molecule has 1 aromatic heterocycles. The van der Waals surface area contributed by atoms with Crippen LogP contribution >= 0.6 is 38.9 Å². The predicted octanol–water partition coefficient (Wildman–Crippen LogP) is 5.66. The molecule has 0 bridgehead atoms. The van der Waals surface area contributed by atoms with E-state index in [9.17, 15) is 0 Å². The van der Waals surface area contributed by atoms with E-state index in [4.69, 9.17) is 11.6 Å². The Labute approximate surface area is 109 Å². The Balaban J connectivity index is 2.17. The Hall–Kier alpha value is 0.470. The quantitative estimate of drug-likeness (QED) is 0.618. The molecular formula is C12H16BrClS. The molecule has 1 aliphatic carbocycles. The van der Waals surface area contributed by atoms with Crippen molar-refractivity contribution in [1.82, 2.24) is 0 Å². The van der Waals surface area contributed by atoms with Gasteiger partial charge in [-0.25, -0.2) is 0 Å². The smallest absolute Gasteiger partial charge is 0.0931 e. The molecule has 15 heavy (non-hydrogen) atoms. The average Bonchev–Trinajstić information content (AvgIpc) is 2.70. The standard InChI is InChI=1S/C12H16BrClS/c1-12(2)7-3-4-8(12)11(13)9-5-6-10(14)15-9/h5-6,8,11H,3-4,7H2,1-2H3. The predicted molar refractivity (Wildman–Crippen MR) is 72.1 cm³/mol. The molecule has 0 N–H and O–H groups in total. The summed E-state index contributed by atoms with van der Waals surface area (Å²) in [7, 11) is 0. The van der Waals surface area contributed by atoms with Crippen LogP contribution in [0.3, 0.4) is 0 Å². The van der Waals surface area contributed by atoms with Crippen molar-refractivity contribution in [2.45, 2.75) is 37.9 Å². The van der Waals surface area contributed by atoms with Crippen molar-refractivity contribution < 1.29 is 0 Å². The van der Waals surface area contributed by atoms with Gasteiger partial charge in [-0.1, -0.05) is 47.8 Å². The van der Waals surface area contributed by atoms with Crippen molar-refractivity contribution in [2.24, 2.45) is 11.3 Å². The minimum Gasteiger partial charge on any atom is -0.127 e. The van der Waals surface area contributed by atoms with Gasteiger partial charge in [-0.2, -0.15) is 0 Å². The summed E-state index contributed by atoms with van der Waals surface area (Å²) in [5, 5.41) is 0. The second kappa shape index (κ2) is 4.38. The lowest BCUT2D eigenvalue weighted by Gasteiger charge is -2.30. The van der Waals surface area contributed by atoms with Gasteiger partial charge in [0.05, 0.1) is 9.16 Å². The number of alkyl halides is 1. The molecule has 1 heterocycles. The van der Waals surface area contributed by atoms with Gasteiger partial charge >= 0.3 is 0 Å². The van der Waals surface area contributed by atoms with Crippen molar-refractivity contribution in [3.8, 4) is 0 Å². The van der Waals surface area contributed by atoms with Crippen LogP contribution in [0.5, 0.6) is 0 Å². The molecule has 0 radical (unpaired) electrons. The molecule has 3 heteroatoms. The molecule has 0 aromatic carbocycles. The zero-order chi connectivity index (χ0) is 11.1. The first kappa shape index (κ1) is 11.9. The lowest BCUT2D eigenvalue weighted by molar-refractivity contribution is 0.258. The average molecular weight is 308 g/mol. The highest BCUT2D eigenvalue weighted by Gasteiger charge is 2.39. The minimum atomic E-state index is 0.463. The van der Waals surface area contributed by atoms with E-state index in [2.05, 4.69) is 35.8 Å². The molecule has 1 saturated carbocycles. The van der Waals surface area contributed by atoms with E-state index in [1.54, 1.807) is 11.3 Å². The van der Waals surface area contributed by atoms with Crippen LogP contribution in [0.1, 0.15) is 42.8 Å². The van der Waals surface area contributed by atoms with Crippen LogP contribution in [0.4, 0.5) is 0 Å². The largest absolute Gasteiger partial charge is 0.127 e. The first-order chi connectivity index (χ1) is 7.00. The van der Waals surface area contributed by atoms with Gasteiger partial charge in [-0.05, 0) is 36.3 Å². The highest BCUT2D eigenvalue weighted by Crippen LogP contribution is 2.53. The van der Waals surface area contributed by atoms with E-state index in [0.717, 1.165) is 10.3 Å². The van der Waals surface area contributed by atoms with Gasteiger partial charge in [-0.15, -0.1) is 11.3 Å². The minimum absolute atomic E-state index is 0.463. The summed E-state index contributed by atoms with van der Waals surface area (Å²) in [6.07, 6.45) is 4.04. The molecule has 0 aliphatic heterocycles. The van der Waals surface area contributed by atoms with Gasteiger partial charge < -0.3 is 0 Å². The van der Waals surface area contributed by atoms with E-state index in [1.807, 2.05) is 6.07 Å². The van der Waals surface area contributed by atoms with E-state index in [1.165, 1.54) is 24.1 Å². The molecule has 0 spiro atoms. The normalized spacial score (nSPS) is 26.8. The molecule has 84 valence electrons. The van der Waals surface area contributed by atoms with Gasteiger partial charge in [0.25, 0.3) is 0 Å². The number of hydrogen-bond acceptors (Lipinski definition) is 1. The molecule has 2 unspecified atom stereocenters. The third kappa shape index (κ3) is 2.42. The Bertz CT molecular complexity index is 345. The molecule has 0 nitrogen and oxygen atoms in total. The van der Waals surface area contributed by atoms with E-state index in [-0.39, 0.29) is 0 Å².